The van der Waals surface area contributed by atoms with Gasteiger partial charge in [0.15, 0.2) is 15.8 Å². The van der Waals surface area contributed by atoms with Gasteiger partial charge in [-0.2, -0.15) is 0 Å². The molecule has 0 unspecified atom stereocenters. The summed E-state index contributed by atoms with van der Waals surface area (Å²) in [4.78, 5) is 4.61. The van der Waals surface area contributed by atoms with Gasteiger partial charge in [-0.15, -0.1) is 0 Å². The summed E-state index contributed by atoms with van der Waals surface area (Å²) in [5, 5.41) is 6.07. The van der Waals surface area contributed by atoms with E-state index in [0.717, 1.165) is 0 Å². The molecule has 1 rings (SSSR count). The van der Waals surface area contributed by atoms with Crippen LogP contribution in [0, 0.1) is 0 Å². The summed E-state index contributed by atoms with van der Waals surface area (Å²) in [6.07, 6.45) is 0. The van der Waals surface area contributed by atoms with Crippen molar-refractivity contribution < 1.29 is 13.2 Å². The van der Waals surface area contributed by atoms with Crippen molar-refractivity contribution in [3.8, 4) is 0 Å². The average Bonchev–Trinajstić information content (AvgIpc) is 2.48. The number of ether oxygens (including phenoxy) is 1. The summed E-state index contributed by atoms with van der Waals surface area (Å²) >= 11 is 0. The smallest absolute Gasteiger partial charge is 0.191 e. The quantitative estimate of drug-likeness (QED) is 0.419. The van der Waals surface area contributed by atoms with Crippen molar-refractivity contribution in [1.29, 1.82) is 0 Å². The number of rotatable bonds is 8. The highest BCUT2D eigenvalue weighted by Crippen LogP contribution is 2.09. The van der Waals surface area contributed by atoms with Crippen LogP contribution < -0.4 is 10.6 Å². The second kappa shape index (κ2) is 9.36. The standard InChI is InChI=1S/C14H23N3O3S/c1-3-15-14(16-9-11-20-2)17-10-12-21(18,19)13-7-5-4-6-8-13/h4-8H,3,9-12H2,1-2H3,(H2,15,16,17). The first-order valence-corrected chi connectivity index (χ1v) is 8.54. The first-order valence-electron chi connectivity index (χ1n) is 6.89. The fourth-order valence-corrected chi connectivity index (χ4v) is 2.82. The van der Waals surface area contributed by atoms with Crippen molar-refractivity contribution in [2.45, 2.75) is 11.8 Å². The Morgan fingerprint density at radius 2 is 1.95 bits per heavy atom. The van der Waals surface area contributed by atoms with Crippen molar-refractivity contribution >= 4 is 15.8 Å². The highest BCUT2D eigenvalue weighted by molar-refractivity contribution is 7.91. The molecule has 0 heterocycles. The van der Waals surface area contributed by atoms with E-state index in [-0.39, 0.29) is 5.75 Å². The molecular weight excluding hydrogens is 290 g/mol. The number of hydrogen-bond donors (Lipinski definition) is 2. The highest BCUT2D eigenvalue weighted by atomic mass is 32.2. The second-order valence-corrected chi connectivity index (χ2v) is 6.42. The van der Waals surface area contributed by atoms with Gasteiger partial charge in [0.05, 0.1) is 23.8 Å². The summed E-state index contributed by atoms with van der Waals surface area (Å²) in [6, 6.07) is 8.44. The van der Waals surface area contributed by atoms with Crippen LogP contribution in [0.1, 0.15) is 6.92 Å². The SMILES string of the molecule is CCNC(=NCCOC)NCCS(=O)(=O)c1ccccc1. The van der Waals surface area contributed by atoms with Gasteiger partial charge in [0.25, 0.3) is 0 Å². The van der Waals surface area contributed by atoms with Gasteiger partial charge in [0.1, 0.15) is 0 Å². The zero-order chi connectivity index (χ0) is 15.6. The minimum atomic E-state index is -3.27. The van der Waals surface area contributed by atoms with Crippen LogP contribution in [0.4, 0.5) is 0 Å². The number of hydrogen-bond acceptors (Lipinski definition) is 4. The third-order valence-electron chi connectivity index (χ3n) is 2.68. The van der Waals surface area contributed by atoms with Gasteiger partial charge in [-0.25, -0.2) is 8.42 Å². The van der Waals surface area contributed by atoms with Gasteiger partial charge in [0, 0.05) is 20.2 Å². The molecule has 0 atom stereocenters. The molecule has 2 N–H and O–H groups in total. The Balaban J connectivity index is 2.51. The predicted octanol–water partition coefficient (Wildman–Crippen LogP) is 0.662. The predicted molar refractivity (Wildman–Crippen MR) is 84.4 cm³/mol. The van der Waals surface area contributed by atoms with E-state index >= 15 is 0 Å². The van der Waals surface area contributed by atoms with Crippen LogP contribution in [0.25, 0.3) is 0 Å². The molecular formula is C14H23N3O3S. The molecule has 0 aliphatic rings. The number of benzene rings is 1. The van der Waals surface area contributed by atoms with Gasteiger partial charge in [-0.3, -0.25) is 4.99 Å². The van der Waals surface area contributed by atoms with E-state index in [1.807, 2.05) is 6.92 Å². The molecule has 0 amide bonds. The highest BCUT2D eigenvalue weighted by Gasteiger charge is 2.13. The molecule has 1 aromatic carbocycles. The Bertz CT molecular complexity index is 530. The van der Waals surface area contributed by atoms with E-state index in [1.165, 1.54) is 0 Å². The summed E-state index contributed by atoms with van der Waals surface area (Å²) in [6.45, 7) is 4.02. The Kier molecular flexibility index (Phi) is 7.78. The largest absolute Gasteiger partial charge is 0.383 e. The van der Waals surface area contributed by atoms with Crippen molar-refractivity contribution in [2.24, 2.45) is 4.99 Å². The molecule has 0 fully saturated rings. The topological polar surface area (TPSA) is 79.8 Å². The van der Waals surface area contributed by atoms with E-state index in [9.17, 15) is 8.42 Å². The molecule has 0 aliphatic heterocycles. The van der Waals surface area contributed by atoms with Gasteiger partial charge >= 0.3 is 0 Å². The van der Waals surface area contributed by atoms with E-state index in [1.54, 1.807) is 37.4 Å². The van der Waals surface area contributed by atoms with Gasteiger partial charge in [0.2, 0.25) is 0 Å². The molecule has 0 saturated heterocycles. The third-order valence-corrected chi connectivity index (χ3v) is 4.41. The maximum atomic E-state index is 12.1. The van der Waals surface area contributed by atoms with Crippen molar-refractivity contribution in [1.82, 2.24) is 10.6 Å². The molecule has 0 radical (unpaired) electrons. The Labute approximate surface area is 126 Å². The Morgan fingerprint density at radius 1 is 1.24 bits per heavy atom. The van der Waals surface area contributed by atoms with Crippen molar-refractivity contribution in [2.75, 3.05) is 39.1 Å². The van der Waals surface area contributed by atoms with E-state index < -0.39 is 9.84 Å². The zero-order valence-electron chi connectivity index (χ0n) is 12.5. The average molecular weight is 313 g/mol. The van der Waals surface area contributed by atoms with Gasteiger partial charge < -0.3 is 15.4 Å². The van der Waals surface area contributed by atoms with Gasteiger partial charge in [-0.1, -0.05) is 18.2 Å². The summed E-state index contributed by atoms with van der Waals surface area (Å²) in [5.41, 5.74) is 0. The van der Waals surface area contributed by atoms with Crippen LogP contribution in [0.15, 0.2) is 40.2 Å². The number of nitrogens with one attached hydrogen (secondary N) is 2. The van der Waals surface area contributed by atoms with Crippen molar-refractivity contribution in [3.63, 3.8) is 0 Å². The van der Waals surface area contributed by atoms with Gasteiger partial charge in [-0.05, 0) is 19.1 Å². The number of aliphatic imine (C=N–C) groups is 1. The first kappa shape index (κ1) is 17.5. The second-order valence-electron chi connectivity index (χ2n) is 4.31. The molecule has 0 spiro atoms. The van der Waals surface area contributed by atoms with Crippen LogP contribution in [0.3, 0.4) is 0 Å². The molecule has 0 aromatic heterocycles. The van der Waals surface area contributed by atoms with Crippen molar-refractivity contribution in [3.05, 3.63) is 30.3 Å². The Morgan fingerprint density at radius 3 is 2.57 bits per heavy atom. The number of guanidine groups is 1. The number of methoxy groups -OCH3 is 1. The lowest BCUT2D eigenvalue weighted by Crippen LogP contribution is -2.39. The van der Waals surface area contributed by atoms with Crippen LogP contribution in [-0.2, 0) is 14.6 Å². The Hall–Kier alpha value is -1.60. The number of nitrogens with zero attached hydrogens (tertiary/aromatic N) is 1. The molecule has 0 aliphatic carbocycles. The molecule has 7 heteroatoms. The molecule has 6 nitrogen and oxygen atoms in total. The van der Waals surface area contributed by atoms with E-state index in [0.29, 0.717) is 37.1 Å². The fourth-order valence-electron chi connectivity index (χ4n) is 1.64. The fraction of sp³-hybridized carbons (Fsp3) is 0.500. The zero-order valence-corrected chi connectivity index (χ0v) is 13.3. The molecule has 118 valence electrons. The third kappa shape index (κ3) is 6.59. The number of sulfone groups is 1. The molecule has 1 aromatic rings. The molecule has 0 bridgehead atoms. The van der Waals surface area contributed by atoms with E-state index in [2.05, 4.69) is 15.6 Å². The maximum absolute atomic E-state index is 12.1. The van der Waals surface area contributed by atoms with Crippen LogP contribution in [0.2, 0.25) is 0 Å². The summed E-state index contributed by atoms with van der Waals surface area (Å²) < 4.78 is 29.2. The van der Waals surface area contributed by atoms with Crippen LogP contribution in [-0.4, -0.2) is 53.5 Å². The first-order chi connectivity index (χ1) is 10.1. The normalized spacial score (nSPS) is 12.2. The minimum Gasteiger partial charge on any atom is -0.383 e. The van der Waals surface area contributed by atoms with Crippen LogP contribution >= 0.6 is 0 Å². The summed E-state index contributed by atoms with van der Waals surface area (Å²) in [5.74, 6) is 0.615. The summed E-state index contributed by atoms with van der Waals surface area (Å²) in [7, 11) is -1.65. The minimum absolute atomic E-state index is 0.0195. The maximum Gasteiger partial charge on any atom is 0.191 e. The monoisotopic (exact) mass is 313 g/mol. The molecule has 21 heavy (non-hydrogen) atoms. The lowest BCUT2D eigenvalue weighted by molar-refractivity contribution is 0.208. The lowest BCUT2D eigenvalue weighted by Gasteiger charge is -2.11. The van der Waals surface area contributed by atoms with E-state index in [4.69, 9.17) is 4.74 Å². The van der Waals surface area contributed by atoms with Crippen LogP contribution in [0.5, 0.6) is 0 Å². The lowest BCUT2D eigenvalue weighted by atomic mass is 10.4. The molecule has 0 saturated carbocycles.